The second-order valence-electron chi connectivity index (χ2n) is 9.69. The first-order valence-electron chi connectivity index (χ1n) is 13.2. The number of hydrogen-bond donors (Lipinski definition) is 2. The second kappa shape index (κ2) is 11.8. The van der Waals surface area contributed by atoms with Crippen molar-refractivity contribution >= 4 is 23.4 Å². The Balaban J connectivity index is 1.83. The van der Waals surface area contributed by atoms with E-state index in [0.717, 1.165) is 22.4 Å². The van der Waals surface area contributed by atoms with Crippen LogP contribution in [0.15, 0.2) is 121 Å². The largest absolute Gasteiger partial charge is 0.367 e. The van der Waals surface area contributed by atoms with Crippen molar-refractivity contribution in [1.82, 2.24) is 4.98 Å². The van der Waals surface area contributed by atoms with Crippen molar-refractivity contribution in [3.8, 4) is 0 Å². The van der Waals surface area contributed by atoms with Gasteiger partial charge in [0, 0.05) is 41.1 Å². The molecule has 0 fully saturated rings. The lowest BCUT2D eigenvalue weighted by Gasteiger charge is -2.38. The predicted molar refractivity (Wildman–Crippen MR) is 161 cm³/mol. The van der Waals surface area contributed by atoms with Gasteiger partial charge in [-0.25, -0.2) is 0 Å². The monoisotopic (exact) mass is 540 g/mol. The number of benzene rings is 4. The molecule has 0 saturated heterocycles. The van der Waals surface area contributed by atoms with E-state index in [9.17, 15) is 20.3 Å². The smallest absolute Gasteiger partial charge is 0.275 e. The SMILES string of the molecule is Cc1cc(C(=N)c2cc(CC=O)c([N+](=O)[O-])cc2NC(c2ccccc2)(c2ccccc2)c2ccccc2)ccn1. The molecule has 0 bridgehead atoms. The summed E-state index contributed by atoms with van der Waals surface area (Å²) in [5.41, 5.74) is 4.14. The predicted octanol–water partition coefficient (Wildman–Crippen LogP) is 6.86. The number of anilines is 1. The van der Waals surface area contributed by atoms with Gasteiger partial charge >= 0.3 is 0 Å². The zero-order valence-corrected chi connectivity index (χ0v) is 22.5. The van der Waals surface area contributed by atoms with Crippen LogP contribution in [0, 0.1) is 22.4 Å². The molecule has 7 nitrogen and oxygen atoms in total. The van der Waals surface area contributed by atoms with Crippen LogP contribution >= 0.6 is 0 Å². The number of aryl methyl sites for hydroxylation is 1. The lowest BCUT2D eigenvalue weighted by Crippen LogP contribution is -2.38. The molecule has 0 aliphatic rings. The topological polar surface area (TPSA) is 109 Å². The van der Waals surface area contributed by atoms with Crippen LogP contribution in [-0.2, 0) is 16.8 Å². The Bertz CT molecular complexity index is 1610. The molecule has 1 heterocycles. The molecule has 2 N–H and O–H groups in total. The maximum absolute atomic E-state index is 12.2. The van der Waals surface area contributed by atoms with Gasteiger partial charge in [0.15, 0.2) is 0 Å². The molecule has 0 aliphatic heterocycles. The van der Waals surface area contributed by atoms with E-state index in [-0.39, 0.29) is 23.4 Å². The third-order valence-corrected chi connectivity index (χ3v) is 7.12. The average molecular weight is 541 g/mol. The number of aldehydes is 1. The minimum Gasteiger partial charge on any atom is -0.367 e. The Kier molecular flexibility index (Phi) is 7.78. The van der Waals surface area contributed by atoms with Crippen molar-refractivity contribution in [3.63, 3.8) is 0 Å². The van der Waals surface area contributed by atoms with Gasteiger partial charge < -0.3 is 10.1 Å². The molecule has 41 heavy (non-hydrogen) atoms. The molecule has 1 aromatic heterocycles. The fourth-order valence-electron chi connectivity index (χ4n) is 5.21. The molecule has 0 amide bonds. The van der Waals surface area contributed by atoms with E-state index >= 15 is 0 Å². The van der Waals surface area contributed by atoms with E-state index in [1.54, 1.807) is 24.4 Å². The highest BCUT2D eigenvalue weighted by Gasteiger charge is 2.37. The molecule has 5 rings (SSSR count). The van der Waals surface area contributed by atoms with Crippen molar-refractivity contribution in [2.24, 2.45) is 0 Å². The molecular weight excluding hydrogens is 512 g/mol. The maximum Gasteiger partial charge on any atom is 0.275 e. The molecule has 0 spiro atoms. The Labute approximate surface area is 238 Å². The summed E-state index contributed by atoms with van der Waals surface area (Å²) in [4.78, 5) is 27.5. The number of nitro benzene ring substituents is 1. The zero-order chi connectivity index (χ0) is 28.8. The summed E-state index contributed by atoms with van der Waals surface area (Å²) in [5.74, 6) is 0. The van der Waals surface area contributed by atoms with Gasteiger partial charge in [-0.1, -0.05) is 91.0 Å². The Morgan fingerprint density at radius 1 is 0.878 bits per heavy atom. The van der Waals surface area contributed by atoms with Gasteiger partial charge in [-0.05, 0) is 41.8 Å². The number of aromatic nitrogens is 1. The van der Waals surface area contributed by atoms with Crippen molar-refractivity contribution in [1.29, 1.82) is 5.41 Å². The number of carbonyl (C=O) groups is 1. The maximum atomic E-state index is 12.2. The summed E-state index contributed by atoms with van der Waals surface area (Å²) in [7, 11) is 0. The van der Waals surface area contributed by atoms with E-state index in [4.69, 9.17) is 0 Å². The van der Waals surface area contributed by atoms with Crippen molar-refractivity contribution < 1.29 is 9.72 Å². The molecule has 7 heteroatoms. The van der Waals surface area contributed by atoms with Gasteiger partial charge in [0.25, 0.3) is 5.69 Å². The van der Waals surface area contributed by atoms with Gasteiger partial charge in [0.1, 0.15) is 11.8 Å². The van der Waals surface area contributed by atoms with Crippen LogP contribution in [0.2, 0.25) is 0 Å². The first-order chi connectivity index (χ1) is 19.9. The van der Waals surface area contributed by atoms with E-state index in [1.165, 1.54) is 6.07 Å². The van der Waals surface area contributed by atoms with Gasteiger partial charge in [0.2, 0.25) is 0 Å². The second-order valence-corrected chi connectivity index (χ2v) is 9.69. The molecule has 0 aliphatic carbocycles. The minimum absolute atomic E-state index is 0.145. The molecule has 4 aromatic carbocycles. The van der Waals surface area contributed by atoms with E-state index < -0.39 is 10.5 Å². The Morgan fingerprint density at radius 2 is 1.41 bits per heavy atom. The van der Waals surface area contributed by atoms with E-state index in [0.29, 0.717) is 23.1 Å². The van der Waals surface area contributed by atoms with E-state index in [1.807, 2.05) is 97.9 Å². The van der Waals surface area contributed by atoms with Gasteiger partial charge in [-0.15, -0.1) is 0 Å². The van der Waals surface area contributed by atoms with Crippen molar-refractivity contribution in [2.75, 3.05) is 5.32 Å². The molecule has 0 radical (unpaired) electrons. The van der Waals surface area contributed by atoms with Crippen molar-refractivity contribution in [3.05, 3.63) is 171 Å². The Hall–Kier alpha value is -5.43. The van der Waals surface area contributed by atoms with Gasteiger partial charge in [0.05, 0.1) is 16.3 Å². The highest BCUT2D eigenvalue weighted by molar-refractivity contribution is 6.14. The number of nitrogens with zero attached hydrogens (tertiary/aromatic N) is 2. The molecule has 202 valence electrons. The van der Waals surface area contributed by atoms with Crippen molar-refractivity contribution in [2.45, 2.75) is 18.9 Å². The zero-order valence-electron chi connectivity index (χ0n) is 22.5. The average Bonchev–Trinajstić information content (AvgIpc) is 3.01. The van der Waals surface area contributed by atoms with Crippen LogP contribution in [-0.4, -0.2) is 21.9 Å². The first-order valence-corrected chi connectivity index (χ1v) is 13.2. The lowest BCUT2D eigenvalue weighted by molar-refractivity contribution is -0.385. The van der Waals surface area contributed by atoms with Crippen LogP contribution in [0.5, 0.6) is 0 Å². The van der Waals surface area contributed by atoms with Crippen LogP contribution < -0.4 is 5.32 Å². The Morgan fingerprint density at radius 3 is 1.88 bits per heavy atom. The van der Waals surface area contributed by atoms with Crippen LogP contribution in [0.4, 0.5) is 11.4 Å². The number of pyridine rings is 1. The summed E-state index contributed by atoms with van der Waals surface area (Å²) in [6.45, 7) is 1.84. The van der Waals surface area contributed by atoms with Crippen LogP contribution in [0.25, 0.3) is 0 Å². The van der Waals surface area contributed by atoms with Gasteiger partial charge in [-0.3, -0.25) is 20.5 Å². The molecule has 5 aromatic rings. The van der Waals surface area contributed by atoms with Gasteiger partial charge in [-0.2, -0.15) is 0 Å². The summed E-state index contributed by atoms with van der Waals surface area (Å²) >= 11 is 0. The van der Waals surface area contributed by atoms with E-state index in [2.05, 4.69) is 10.3 Å². The minimum atomic E-state index is -0.979. The summed E-state index contributed by atoms with van der Waals surface area (Å²) in [5, 5.41) is 25.1. The standard InChI is InChI=1S/C34H28N4O3/c1-24-21-26(17-19-36-24)33(35)30-22-25(18-20-39)32(38(40)41)23-31(30)37-34(27-11-5-2-6-12-27,28-13-7-3-8-14-28)29-15-9-4-10-16-29/h2-17,19-23,35,37H,18H2,1H3. The summed E-state index contributed by atoms with van der Waals surface area (Å²) in [6, 6.07) is 36.2. The highest BCUT2D eigenvalue weighted by atomic mass is 16.6. The van der Waals surface area contributed by atoms with Crippen LogP contribution in [0.3, 0.4) is 0 Å². The number of nitrogens with one attached hydrogen (secondary N) is 2. The molecular formula is C34H28N4O3. The third kappa shape index (κ3) is 5.38. The molecule has 0 saturated carbocycles. The molecule has 0 atom stereocenters. The summed E-state index contributed by atoms with van der Waals surface area (Å²) < 4.78 is 0. The fraction of sp³-hybridized carbons (Fsp3) is 0.0882. The highest BCUT2D eigenvalue weighted by Crippen LogP contribution is 2.42. The fourth-order valence-corrected chi connectivity index (χ4v) is 5.21. The number of rotatable bonds is 10. The first kappa shape index (κ1) is 27.1. The summed E-state index contributed by atoms with van der Waals surface area (Å²) in [6.07, 6.45) is 2.13. The quantitative estimate of drug-likeness (QED) is 0.0661. The molecule has 0 unspecified atom stereocenters. The number of hydrogen-bond acceptors (Lipinski definition) is 6. The number of nitro groups is 1. The number of carbonyl (C=O) groups excluding carboxylic acids is 1. The lowest BCUT2D eigenvalue weighted by atomic mass is 9.76. The third-order valence-electron chi connectivity index (χ3n) is 7.12. The van der Waals surface area contributed by atoms with Crippen LogP contribution in [0.1, 0.15) is 39.1 Å². The normalized spacial score (nSPS) is 11.0.